The number of rotatable bonds is 4. The van der Waals surface area contributed by atoms with Crippen molar-refractivity contribution in [2.45, 2.75) is 13.0 Å². The SMILES string of the molecule is Cc1occc1C(=O)N[C@H](c1ccccc1F)c1nccn1C. The van der Waals surface area contributed by atoms with Gasteiger partial charge in [0.2, 0.25) is 0 Å². The lowest BCUT2D eigenvalue weighted by Crippen LogP contribution is -2.31. The molecule has 118 valence electrons. The molecule has 0 fully saturated rings. The van der Waals surface area contributed by atoms with Gasteiger partial charge in [0.25, 0.3) is 5.91 Å². The van der Waals surface area contributed by atoms with E-state index in [1.807, 2.05) is 0 Å². The zero-order chi connectivity index (χ0) is 16.4. The number of aromatic nitrogens is 2. The van der Waals surface area contributed by atoms with E-state index in [0.29, 0.717) is 22.7 Å². The molecular weight excluding hydrogens is 297 g/mol. The molecule has 1 aromatic carbocycles. The lowest BCUT2D eigenvalue weighted by atomic mass is 10.0. The maximum atomic E-state index is 14.2. The van der Waals surface area contributed by atoms with E-state index in [1.54, 1.807) is 55.2 Å². The van der Waals surface area contributed by atoms with Crippen LogP contribution in [0, 0.1) is 12.7 Å². The quantitative estimate of drug-likeness (QED) is 0.805. The number of nitrogens with zero attached hydrogens (tertiary/aromatic N) is 2. The fourth-order valence-corrected chi connectivity index (χ4v) is 2.48. The molecule has 0 unspecified atom stereocenters. The summed E-state index contributed by atoms with van der Waals surface area (Å²) in [6, 6.07) is 7.22. The van der Waals surface area contributed by atoms with Gasteiger partial charge >= 0.3 is 0 Å². The highest BCUT2D eigenvalue weighted by Crippen LogP contribution is 2.24. The molecular formula is C17H16FN3O2. The van der Waals surface area contributed by atoms with Gasteiger partial charge in [-0.05, 0) is 19.1 Å². The van der Waals surface area contributed by atoms with Gasteiger partial charge in [-0.25, -0.2) is 9.37 Å². The van der Waals surface area contributed by atoms with Crippen molar-refractivity contribution in [3.63, 3.8) is 0 Å². The van der Waals surface area contributed by atoms with Crippen LogP contribution >= 0.6 is 0 Å². The average molecular weight is 313 g/mol. The number of amides is 1. The zero-order valence-corrected chi connectivity index (χ0v) is 12.8. The van der Waals surface area contributed by atoms with Crippen molar-refractivity contribution >= 4 is 5.91 Å². The first-order valence-electron chi connectivity index (χ1n) is 7.14. The highest BCUT2D eigenvalue weighted by Gasteiger charge is 2.25. The van der Waals surface area contributed by atoms with Crippen LogP contribution in [0.15, 0.2) is 53.4 Å². The summed E-state index contributed by atoms with van der Waals surface area (Å²) in [5.41, 5.74) is 0.775. The van der Waals surface area contributed by atoms with Crippen LogP contribution in [-0.4, -0.2) is 15.5 Å². The van der Waals surface area contributed by atoms with Crippen LogP contribution in [0.4, 0.5) is 4.39 Å². The minimum absolute atomic E-state index is 0.340. The summed E-state index contributed by atoms with van der Waals surface area (Å²) in [5, 5.41) is 2.84. The Hall–Kier alpha value is -2.89. The Morgan fingerprint density at radius 1 is 1.35 bits per heavy atom. The number of furan rings is 1. The Bertz CT molecular complexity index is 838. The van der Waals surface area contributed by atoms with Gasteiger partial charge in [0.05, 0.1) is 11.8 Å². The number of carbonyl (C=O) groups is 1. The first-order chi connectivity index (χ1) is 11.1. The van der Waals surface area contributed by atoms with E-state index in [0.717, 1.165) is 0 Å². The Balaban J connectivity index is 2.00. The predicted molar refractivity (Wildman–Crippen MR) is 82.4 cm³/mol. The number of carbonyl (C=O) groups excluding carboxylic acids is 1. The van der Waals surface area contributed by atoms with E-state index in [-0.39, 0.29) is 5.91 Å². The second-order valence-corrected chi connectivity index (χ2v) is 5.21. The number of halogens is 1. The van der Waals surface area contributed by atoms with Crippen molar-refractivity contribution in [1.29, 1.82) is 0 Å². The Morgan fingerprint density at radius 2 is 2.13 bits per heavy atom. The maximum Gasteiger partial charge on any atom is 0.255 e. The molecule has 0 aliphatic rings. The summed E-state index contributed by atoms with van der Waals surface area (Å²) in [6.45, 7) is 1.70. The third kappa shape index (κ3) is 2.88. The molecule has 5 nitrogen and oxygen atoms in total. The van der Waals surface area contributed by atoms with Crippen molar-refractivity contribution in [3.05, 3.63) is 77.5 Å². The number of hydrogen-bond acceptors (Lipinski definition) is 3. The monoisotopic (exact) mass is 313 g/mol. The van der Waals surface area contributed by atoms with E-state index < -0.39 is 11.9 Å². The summed E-state index contributed by atoms with van der Waals surface area (Å²) >= 11 is 0. The molecule has 2 aromatic heterocycles. The third-order valence-electron chi connectivity index (χ3n) is 3.71. The smallest absolute Gasteiger partial charge is 0.255 e. The number of aryl methyl sites for hydroxylation is 2. The minimum Gasteiger partial charge on any atom is -0.469 e. The van der Waals surface area contributed by atoms with Gasteiger partial charge in [-0.3, -0.25) is 4.79 Å². The molecule has 0 saturated carbocycles. The van der Waals surface area contributed by atoms with Gasteiger partial charge in [-0.1, -0.05) is 18.2 Å². The van der Waals surface area contributed by atoms with Crippen LogP contribution in [0.3, 0.4) is 0 Å². The summed E-state index contributed by atoms with van der Waals surface area (Å²) in [4.78, 5) is 16.7. The van der Waals surface area contributed by atoms with Crippen LogP contribution in [0.1, 0.15) is 33.5 Å². The van der Waals surface area contributed by atoms with E-state index >= 15 is 0 Å². The van der Waals surface area contributed by atoms with Crippen LogP contribution in [0.5, 0.6) is 0 Å². The largest absolute Gasteiger partial charge is 0.469 e. The molecule has 1 N–H and O–H groups in total. The Morgan fingerprint density at radius 3 is 2.74 bits per heavy atom. The van der Waals surface area contributed by atoms with Crippen molar-refractivity contribution in [1.82, 2.24) is 14.9 Å². The lowest BCUT2D eigenvalue weighted by Gasteiger charge is -2.19. The average Bonchev–Trinajstić information content (AvgIpc) is 3.14. The molecule has 2 heterocycles. The predicted octanol–water partition coefficient (Wildman–Crippen LogP) is 2.98. The van der Waals surface area contributed by atoms with Crippen LogP contribution in [0.25, 0.3) is 0 Å². The van der Waals surface area contributed by atoms with Crippen LogP contribution < -0.4 is 5.32 Å². The van der Waals surface area contributed by atoms with Crippen molar-refractivity contribution in [2.24, 2.45) is 7.05 Å². The number of imidazole rings is 1. The van der Waals surface area contributed by atoms with Gasteiger partial charge in [0.15, 0.2) is 0 Å². The van der Waals surface area contributed by atoms with Gasteiger partial charge in [-0.15, -0.1) is 0 Å². The maximum absolute atomic E-state index is 14.2. The topological polar surface area (TPSA) is 60.1 Å². The summed E-state index contributed by atoms with van der Waals surface area (Å²) in [5.74, 6) is 0.316. The number of benzene rings is 1. The lowest BCUT2D eigenvalue weighted by molar-refractivity contribution is 0.0939. The zero-order valence-electron chi connectivity index (χ0n) is 12.8. The van der Waals surface area contributed by atoms with Gasteiger partial charge in [0, 0.05) is 25.0 Å². The standard InChI is InChI=1S/C17H16FN3O2/c1-11-12(7-10-23-11)17(22)20-15(16-19-8-9-21(16)2)13-5-3-4-6-14(13)18/h3-10,15H,1-2H3,(H,20,22)/t15-/m1/s1. The molecule has 0 radical (unpaired) electrons. The van der Waals surface area contributed by atoms with E-state index in [9.17, 15) is 9.18 Å². The van der Waals surface area contributed by atoms with Crippen molar-refractivity contribution < 1.29 is 13.6 Å². The molecule has 23 heavy (non-hydrogen) atoms. The fraction of sp³-hybridized carbons (Fsp3) is 0.176. The second-order valence-electron chi connectivity index (χ2n) is 5.21. The Labute approximate surface area is 132 Å². The number of nitrogens with one attached hydrogen (secondary N) is 1. The highest BCUT2D eigenvalue weighted by atomic mass is 19.1. The molecule has 0 aliphatic heterocycles. The van der Waals surface area contributed by atoms with Gasteiger partial charge in [0.1, 0.15) is 23.4 Å². The molecule has 3 aromatic rings. The van der Waals surface area contributed by atoms with Crippen molar-refractivity contribution in [2.75, 3.05) is 0 Å². The van der Waals surface area contributed by atoms with Gasteiger partial charge in [-0.2, -0.15) is 0 Å². The highest BCUT2D eigenvalue weighted by molar-refractivity contribution is 5.95. The molecule has 0 saturated heterocycles. The van der Waals surface area contributed by atoms with E-state index in [1.165, 1.54) is 12.3 Å². The van der Waals surface area contributed by atoms with Crippen molar-refractivity contribution in [3.8, 4) is 0 Å². The first kappa shape index (κ1) is 15.0. The van der Waals surface area contributed by atoms with Crippen LogP contribution in [0.2, 0.25) is 0 Å². The summed E-state index contributed by atoms with van der Waals surface area (Å²) in [6.07, 6.45) is 4.81. The van der Waals surface area contributed by atoms with Crippen LogP contribution in [-0.2, 0) is 7.05 Å². The summed E-state index contributed by atoms with van der Waals surface area (Å²) < 4.78 is 21.1. The molecule has 0 spiro atoms. The fourth-order valence-electron chi connectivity index (χ4n) is 2.48. The number of hydrogen-bond donors (Lipinski definition) is 1. The second kappa shape index (κ2) is 6.08. The molecule has 3 rings (SSSR count). The Kier molecular flexibility index (Phi) is 3.97. The minimum atomic E-state index is -0.696. The van der Waals surface area contributed by atoms with E-state index in [2.05, 4.69) is 10.3 Å². The molecule has 0 aliphatic carbocycles. The van der Waals surface area contributed by atoms with E-state index in [4.69, 9.17) is 4.42 Å². The molecule has 1 amide bonds. The molecule has 1 atom stereocenters. The normalized spacial score (nSPS) is 12.1. The molecule has 6 heteroatoms. The summed E-state index contributed by atoms with van der Waals surface area (Å²) in [7, 11) is 1.80. The first-order valence-corrected chi connectivity index (χ1v) is 7.14. The third-order valence-corrected chi connectivity index (χ3v) is 3.71. The van der Waals surface area contributed by atoms with Gasteiger partial charge < -0.3 is 14.3 Å². The molecule has 0 bridgehead atoms.